The van der Waals surface area contributed by atoms with Crippen LogP contribution in [0.1, 0.15) is 0 Å². The van der Waals surface area contributed by atoms with E-state index in [1.165, 1.54) is 0 Å². The average molecular weight is 1050 g/mol. The number of alkyl halides is 41. The second kappa shape index (κ2) is 14.3. The van der Waals surface area contributed by atoms with Crippen molar-refractivity contribution in [1.29, 1.82) is 0 Å². The van der Waals surface area contributed by atoms with Crippen LogP contribution < -0.4 is 0 Å². The summed E-state index contributed by atoms with van der Waals surface area (Å²) >= 11 is 0. The molecule has 42 heteroatoms. The van der Waals surface area contributed by atoms with Crippen LogP contribution in [0.25, 0.3) is 0 Å². The minimum absolute atomic E-state index is 4.05. The van der Waals surface area contributed by atoms with Crippen molar-refractivity contribution in [2.24, 2.45) is 0 Å². The van der Waals surface area contributed by atoms with Crippen LogP contribution in [0.2, 0.25) is 0 Å². The first-order chi connectivity index (χ1) is 26.3. The van der Waals surface area contributed by atoms with Crippen molar-refractivity contribution in [2.45, 2.75) is 119 Å². The van der Waals surface area contributed by atoms with Crippen LogP contribution in [0, 0.1) is 0 Å². The topological polar surface area (TPSA) is 20.2 Å². The summed E-state index contributed by atoms with van der Waals surface area (Å²) in [6, 6.07) is 0. The highest BCUT2D eigenvalue weighted by molar-refractivity contribution is 5.23. The van der Waals surface area contributed by atoms with E-state index in [0.29, 0.717) is 0 Å². The van der Waals surface area contributed by atoms with Crippen molar-refractivity contribution in [2.75, 3.05) is 6.61 Å². The quantitative estimate of drug-likeness (QED) is 0.128. The van der Waals surface area contributed by atoms with Gasteiger partial charge in [0.15, 0.2) is 0 Å². The molecule has 0 aliphatic rings. The molecule has 0 radical (unpaired) electrons. The van der Waals surface area contributed by atoms with Gasteiger partial charge in [0.2, 0.25) is 0 Å². The third-order valence-electron chi connectivity index (χ3n) is 7.72. The molecule has 0 amide bonds. The van der Waals surface area contributed by atoms with E-state index in [9.17, 15) is 180 Å². The molecule has 0 fully saturated rings. The highest BCUT2D eigenvalue weighted by Crippen LogP contribution is 2.71. The maximum atomic E-state index is 13.9. The Kier molecular flexibility index (Phi) is 13.6. The maximum Gasteiger partial charge on any atom is 0.460 e. The Labute approximate surface area is 312 Å². The minimum atomic E-state index is -10.6. The molecule has 0 aromatic carbocycles. The standard InChI is InChI=1S/C21H3F41O/c22-2(23,1-63)3(24,25)4(26,27)5(28,29)6(30,31)7(32,33)8(34,35)9(36,37)10(38,39)11(40,41)12(42,43)13(44,45)14(46,47)15(48,49)16(50,51)17(52,53)18(54,55)19(56,57)20(58,59)21(60,61)62/h63H,1H2. The Morgan fingerprint density at radius 2 is 0.254 bits per heavy atom. The molecule has 0 saturated carbocycles. The first kappa shape index (κ1) is 60.1. The lowest BCUT2D eigenvalue weighted by molar-refractivity contribution is -0.495. The molecule has 1 nitrogen and oxygen atoms in total. The molecule has 0 bridgehead atoms. The summed E-state index contributed by atoms with van der Waals surface area (Å²) in [5.41, 5.74) is 0. The van der Waals surface area contributed by atoms with E-state index in [-0.39, 0.29) is 0 Å². The molecule has 0 saturated heterocycles. The highest BCUT2D eigenvalue weighted by Gasteiger charge is 3.03. The lowest BCUT2D eigenvalue weighted by atomic mass is 9.81. The Morgan fingerprint density at radius 1 is 0.159 bits per heavy atom. The van der Waals surface area contributed by atoms with Crippen LogP contribution in [-0.4, -0.2) is 130 Å². The number of rotatable bonds is 19. The molecular weight excluding hydrogens is 1050 g/mol. The first-order valence-electron chi connectivity index (χ1n) is 13.2. The van der Waals surface area contributed by atoms with E-state index < -0.39 is 125 Å². The van der Waals surface area contributed by atoms with Gasteiger partial charge in [0.25, 0.3) is 0 Å². The third kappa shape index (κ3) is 6.58. The average Bonchev–Trinajstić information content (AvgIpc) is 3.05. The zero-order valence-electron chi connectivity index (χ0n) is 26.7. The van der Waals surface area contributed by atoms with Gasteiger partial charge in [-0.2, -0.15) is 180 Å². The van der Waals surface area contributed by atoms with Gasteiger partial charge in [-0.1, -0.05) is 0 Å². The van der Waals surface area contributed by atoms with Gasteiger partial charge in [0, 0.05) is 0 Å². The number of halogens is 41. The largest absolute Gasteiger partial charge is 0.460 e. The molecule has 380 valence electrons. The molecular formula is C21H3F41O. The van der Waals surface area contributed by atoms with Crippen molar-refractivity contribution < 1.29 is 185 Å². The van der Waals surface area contributed by atoms with E-state index in [1.807, 2.05) is 0 Å². The van der Waals surface area contributed by atoms with Crippen LogP contribution in [0.5, 0.6) is 0 Å². The van der Waals surface area contributed by atoms with Gasteiger partial charge in [-0.15, -0.1) is 0 Å². The Bertz CT molecular complexity index is 1650. The van der Waals surface area contributed by atoms with Gasteiger partial charge < -0.3 is 5.11 Å². The van der Waals surface area contributed by atoms with Gasteiger partial charge in [0.05, 0.1) is 0 Å². The fraction of sp³-hybridized carbons (Fsp3) is 1.00. The maximum absolute atomic E-state index is 13.9. The second-order valence-corrected chi connectivity index (χ2v) is 11.7. The molecule has 0 aliphatic carbocycles. The number of hydrogen-bond donors (Lipinski definition) is 1. The van der Waals surface area contributed by atoms with E-state index in [2.05, 4.69) is 0 Å². The number of aliphatic hydroxyl groups excluding tert-OH is 1. The van der Waals surface area contributed by atoms with E-state index >= 15 is 0 Å². The van der Waals surface area contributed by atoms with Crippen molar-refractivity contribution in [3.05, 3.63) is 0 Å². The summed E-state index contributed by atoms with van der Waals surface area (Å²) in [7, 11) is 0. The van der Waals surface area contributed by atoms with E-state index in [0.717, 1.165) is 0 Å². The summed E-state index contributed by atoms with van der Waals surface area (Å²) in [5.74, 6) is -189. The monoisotopic (exact) mass is 1050 g/mol. The van der Waals surface area contributed by atoms with Crippen molar-refractivity contribution >= 4 is 0 Å². The van der Waals surface area contributed by atoms with Crippen LogP contribution in [0.4, 0.5) is 180 Å². The highest BCUT2D eigenvalue weighted by atomic mass is 19.4. The predicted octanol–water partition coefficient (Wildman–Crippen LogP) is 12.6. The second-order valence-electron chi connectivity index (χ2n) is 11.7. The van der Waals surface area contributed by atoms with Crippen LogP contribution in [0.15, 0.2) is 0 Å². The lowest BCUT2D eigenvalue weighted by Gasteiger charge is -2.47. The molecule has 0 aromatic heterocycles. The zero-order valence-corrected chi connectivity index (χ0v) is 26.7. The summed E-state index contributed by atoms with van der Waals surface area (Å²) in [5, 5.41) is 7.82. The molecule has 0 spiro atoms. The fourth-order valence-corrected chi connectivity index (χ4v) is 3.66. The fourth-order valence-electron chi connectivity index (χ4n) is 3.66. The summed E-state index contributed by atoms with van der Waals surface area (Å²) in [6.45, 7) is -4.05. The number of aliphatic hydroxyl groups is 1. The third-order valence-corrected chi connectivity index (χ3v) is 7.72. The van der Waals surface area contributed by atoms with Gasteiger partial charge in [-0.25, -0.2) is 0 Å². The molecule has 0 aliphatic heterocycles. The van der Waals surface area contributed by atoms with Crippen LogP contribution in [-0.2, 0) is 0 Å². The Balaban J connectivity index is 7.99. The van der Waals surface area contributed by atoms with Gasteiger partial charge >= 0.3 is 119 Å². The van der Waals surface area contributed by atoms with Crippen molar-refractivity contribution in [1.82, 2.24) is 0 Å². The molecule has 0 atom stereocenters. The molecule has 0 unspecified atom stereocenters. The zero-order chi connectivity index (χ0) is 52.7. The number of hydrogen-bond acceptors (Lipinski definition) is 1. The normalized spacial score (nSPS) is 17.4. The summed E-state index contributed by atoms with van der Waals surface area (Å²) in [6.07, 6.45) is -8.53. The summed E-state index contributed by atoms with van der Waals surface area (Å²) in [4.78, 5) is 0. The van der Waals surface area contributed by atoms with E-state index in [1.54, 1.807) is 0 Å². The molecule has 0 rings (SSSR count). The predicted molar refractivity (Wildman–Crippen MR) is 107 cm³/mol. The SMILES string of the molecule is OCC(F)(F)C(F)(F)C(F)(F)C(F)(F)C(F)(F)C(F)(F)C(F)(F)C(F)(F)C(F)(F)C(F)(F)C(F)(F)C(F)(F)C(F)(F)C(F)(F)C(F)(F)C(F)(F)C(F)(F)C(F)(F)C(F)(F)C(F)(F)F. The van der Waals surface area contributed by atoms with E-state index in [4.69, 9.17) is 5.11 Å². The molecule has 1 N–H and O–H groups in total. The van der Waals surface area contributed by atoms with Crippen LogP contribution >= 0.6 is 0 Å². The Morgan fingerprint density at radius 3 is 0.349 bits per heavy atom. The van der Waals surface area contributed by atoms with Gasteiger partial charge in [-0.05, 0) is 0 Å². The summed E-state index contributed by atoms with van der Waals surface area (Å²) < 4.78 is 554. The molecule has 0 aromatic rings. The van der Waals surface area contributed by atoms with Crippen molar-refractivity contribution in [3.63, 3.8) is 0 Å². The van der Waals surface area contributed by atoms with Gasteiger partial charge in [-0.3, -0.25) is 0 Å². The van der Waals surface area contributed by atoms with Gasteiger partial charge in [0.1, 0.15) is 6.61 Å². The smallest absolute Gasteiger partial charge is 0.390 e. The minimum Gasteiger partial charge on any atom is -0.390 e. The van der Waals surface area contributed by atoms with Crippen molar-refractivity contribution in [3.8, 4) is 0 Å². The molecule has 63 heavy (non-hydrogen) atoms. The lowest BCUT2D eigenvalue weighted by Crippen LogP contribution is -2.80. The molecule has 0 heterocycles. The Hall–Kier alpha value is -2.91. The van der Waals surface area contributed by atoms with Crippen LogP contribution in [0.3, 0.4) is 0 Å². The first-order valence-corrected chi connectivity index (χ1v) is 13.2.